The minimum absolute atomic E-state index is 0.467. The molecular weight excluding hydrogens is 182 g/mol. The monoisotopic (exact) mass is 209 g/mol. The highest BCUT2D eigenvalue weighted by atomic mass is 14.7. The summed E-state index contributed by atoms with van der Waals surface area (Å²) in [5, 5.41) is 0. The Balaban J connectivity index is 1.77. The van der Waals surface area contributed by atoms with Gasteiger partial charge in [0.25, 0.3) is 0 Å². The predicted molar refractivity (Wildman–Crippen MR) is 65.6 cm³/mol. The minimum Gasteiger partial charge on any atom is -0.327 e. The van der Waals surface area contributed by atoms with Crippen LogP contribution in [0, 0.1) is 23.7 Å². The number of hydrogen-bond acceptors (Lipinski definition) is 1. The highest BCUT2D eigenvalue weighted by Crippen LogP contribution is 2.50. The average Bonchev–Trinajstić information content (AvgIpc) is 2.79. The molecule has 5 unspecified atom stereocenters. The van der Waals surface area contributed by atoms with Crippen LogP contribution in [-0.4, -0.2) is 6.04 Å². The standard InChI is InChI=1S/C14H27N/c1-3-4-10(2)14(15)9-13-8-11-5-6-12(13)7-11/h10-14H,3-9,15H2,1-2H3. The first-order chi connectivity index (χ1) is 7.20. The smallest absolute Gasteiger partial charge is 0.00672 e. The van der Waals surface area contributed by atoms with E-state index in [0.717, 1.165) is 23.7 Å². The van der Waals surface area contributed by atoms with Crippen LogP contribution in [0.15, 0.2) is 0 Å². The van der Waals surface area contributed by atoms with Gasteiger partial charge in [-0.3, -0.25) is 0 Å². The molecule has 0 aromatic rings. The van der Waals surface area contributed by atoms with Crippen LogP contribution < -0.4 is 5.73 Å². The molecule has 2 bridgehead atoms. The van der Waals surface area contributed by atoms with Gasteiger partial charge in [-0.1, -0.05) is 26.7 Å². The second-order valence-electron chi connectivity index (χ2n) is 6.10. The Hall–Kier alpha value is -0.0400. The summed E-state index contributed by atoms with van der Waals surface area (Å²) in [6.07, 6.45) is 9.94. The lowest BCUT2D eigenvalue weighted by Gasteiger charge is -2.27. The molecular formula is C14H27N. The van der Waals surface area contributed by atoms with Crippen LogP contribution in [0.3, 0.4) is 0 Å². The molecule has 5 atom stereocenters. The fourth-order valence-electron chi connectivity index (χ4n) is 3.92. The molecule has 0 heterocycles. The van der Waals surface area contributed by atoms with Crippen molar-refractivity contribution in [3.63, 3.8) is 0 Å². The fourth-order valence-corrected chi connectivity index (χ4v) is 3.92. The molecule has 0 aromatic heterocycles. The van der Waals surface area contributed by atoms with E-state index in [-0.39, 0.29) is 0 Å². The molecule has 0 radical (unpaired) electrons. The molecule has 2 fully saturated rings. The van der Waals surface area contributed by atoms with Crippen molar-refractivity contribution in [1.82, 2.24) is 0 Å². The molecule has 88 valence electrons. The van der Waals surface area contributed by atoms with Crippen molar-refractivity contribution < 1.29 is 0 Å². The summed E-state index contributed by atoms with van der Waals surface area (Å²) in [6, 6.07) is 0.467. The number of nitrogens with two attached hydrogens (primary N) is 1. The summed E-state index contributed by atoms with van der Waals surface area (Å²) in [4.78, 5) is 0. The molecule has 2 N–H and O–H groups in total. The highest BCUT2D eigenvalue weighted by Gasteiger charge is 2.40. The van der Waals surface area contributed by atoms with Crippen molar-refractivity contribution in [2.75, 3.05) is 0 Å². The van der Waals surface area contributed by atoms with Gasteiger partial charge in [0.1, 0.15) is 0 Å². The molecule has 2 aliphatic carbocycles. The summed E-state index contributed by atoms with van der Waals surface area (Å²) >= 11 is 0. The van der Waals surface area contributed by atoms with E-state index < -0.39 is 0 Å². The Kier molecular flexibility index (Phi) is 3.71. The first-order valence-electron chi connectivity index (χ1n) is 6.96. The second kappa shape index (κ2) is 4.86. The molecule has 2 rings (SSSR count). The van der Waals surface area contributed by atoms with Gasteiger partial charge >= 0.3 is 0 Å². The van der Waals surface area contributed by atoms with Gasteiger partial charge in [-0.25, -0.2) is 0 Å². The first-order valence-corrected chi connectivity index (χ1v) is 6.96. The van der Waals surface area contributed by atoms with E-state index in [1.165, 1.54) is 44.9 Å². The SMILES string of the molecule is CCCC(C)C(N)CC1CC2CCC1C2. The molecule has 1 nitrogen and oxygen atoms in total. The topological polar surface area (TPSA) is 26.0 Å². The van der Waals surface area contributed by atoms with E-state index in [4.69, 9.17) is 5.73 Å². The fraction of sp³-hybridized carbons (Fsp3) is 1.00. The summed E-state index contributed by atoms with van der Waals surface area (Å²) in [7, 11) is 0. The van der Waals surface area contributed by atoms with Crippen molar-refractivity contribution in [3.8, 4) is 0 Å². The lowest BCUT2D eigenvalue weighted by molar-refractivity contribution is 0.263. The third-order valence-electron chi connectivity index (χ3n) is 4.93. The maximum Gasteiger partial charge on any atom is 0.00672 e. The second-order valence-corrected chi connectivity index (χ2v) is 6.10. The van der Waals surface area contributed by atoms with Crippen molar-refractivity contribution in [2.45, 2.75) is 64.8 Å². The van der Waals surface area contributed by atoms with Crippen molar-refractivity contribution in [3.05, 3.63) is 0 Å². The Morgan fingerprint density at radius 1 is 1.27 bits per heavy atom. The Bertz CT molecular complexity index is 202. The van der Waals surface area contributed by atoms with E-state index in [9.17, 15) is 0 Å². The molecule has 2 saturated carbocycles. The van der Waals surface area contributed by atoms with Gasteiger partial charge in [-0.15, -0.1) is 0 Å². The maximum absolute atomic E-state index is 6.31. The molecule has 0 spiro atoms. The summed E-state index contributed by atoms with van der Waals surface area (Å²) < 4.78 is 0. The van der Waals surface area contributed by atoms with Crippen LogP contribution in [0.1, 0.15) is 58.8 Å². The van der Waals surface area contributed by atoms with Gasteiger partial charge in [-0.2, -0.15) is 0 Å². The zero-order chi connectivity index (χ0) is 10.8. The van der Waals surface area contributed by atoms with Crippen molar-refractivity contribution in [2.24, 2.45) is 29.4 Å². The van der Waals surface area contributed by atoms with Crippen LogP contribution in [0.25, 0.3) is 0 Å². The van der Waals surface area contributed by atoms with Gasteiger partial charge in [0.2, 0.25) is 0 Å². The third kappa shape index (κ3) is 2.55. The van der Waals surface area contributed by atoms with E-state index >= 15 is 0 Å². The highest BCUT2D eigenvalue weighted by molar-refractivity contribution is 4.91. The lowest BCUT2D eigenvalue weighted by Crippen LogP contribution is -2.32. The largest absolute Gasteiger partial charge is 0.327 e. The average molecular weight is 209 g/mol. The maximum atomic E-state index is 6.31. The van der Waals surface area contributed by atoms with Gasteiger partial charge in [0.05, 0.1) is 0 Å². The van der Waals surface area contributed by atoms with Gasteiger partial charge in [-0.05, 0) is 55.8 Å². The quantitative estimate of drug-likeness (QED) is 0.736. The molecule has 2 aliphatic rings. The molecule has 0 amide bonds. The summed E-state index contributed by atoms with van der Waals surface area (Å²) in [6.45, 7) is 4.60. The van der Waals surface area contributed by atoms with E-state index in [1.54, 1.807) is 0 Å². The van der Waals surface area contributed by atoms with Gasteiger partial charge in [0.15, 0.2) is 0 Å². The van der Waals surface area contributed by atoms with Gasteiger partial charge in [0, 0.05) is 6.04 Å². The Labute approximate surface area is 94.8 Å². The number of rotatable bonds is 5. The minimum atomic E-state index is 0.467. The molecule has 15 heavy (non-hydrogen) atoms. The van der Waals surface area contributed by atoms with Crippen LogP contribution in [0.5, 0.6) is 0 Å². The zero-order valence-corrected chi connectivity index (χ0v) is 10.4. The Morgan fingerprint density at radius 3 is 2.60 bits per heavy atom. The Morgan fingerprint density at radius 2 is 2.07 bits per heavy atom. The van der Waals surface area contributed by atoms with Crippen LogP contribution >= 0.6 is 0 Å². The number of fused-ring (bicyclic) bond motifs is 2. The van der Waals surface area contributed by atoms with Crippen molar-refractivity contribution in [1.29, 1.82) is 0 Å². The number of hydrogen-bond donors (Lipinski definition) is 1. The van der Waals surface area contributed by atoms with E-state index in [1.807, 2.05) is 0 Å². The predicted octanol–water partition coefficient (Wildman–Crippen LogP) is 3.58. The van der Waals surface area contributed by atoms with Gasteiger partial charge < -0.3 is 5.73 Å². The summed E-state index contributed by atoms with van der Waals surface area (Å²) in [5.41, 5.74) is 6.31. The van der Waals surface area contributed by atoms with E-state index in [0.29, 0.717) is 6.04 Å². The molecule has 0 aliphatic heterocycles. The first kappa shape index (κ1) is 11.4. The third-order valence-corrected chi connectivity index (χ3v) is 4.93. The summed E-state index contributed by atoms with van der Waals surface area (Å²) in [5.74, 6) is 3.84. The van der Waals surface area contributed by atoms with Crippen LogP contribution in [0.4, 0.5) is 0 Å². The molecule has 1 heteroatoms. The molecule has 0 aromatic carbocycles. The zero-order valence-electron chi connectivity index (χ0n) is 10.4. The van der Waals surface area contributed by atoms with Crippen molar-refractivity contribution >= 4 is 0 Å². The van der Waals surface area contributed by atoms with Crippen LogP contribution in [0.2, 0.25) is 0 Å². The van der Waals surface area contributed by atoms with Crippen LogP contribution in [-0.2, 0) is 0 Å². The molecule has 0 saturated heterocycles. The lowest BCUT2D eigenvalue weighted by atomic mass is 9.81. The van der Waals surface area contributed by atoms with E-state index in [2.05, 4.69) is 13.8 Å². The normalized spacial score (nSPS) is 38.2.